The van der Waals surface area contributed by atoms with E-state index >= 15 is 0 Å². The Labute approximate surface area is 161 Å². The first-order valence-corrected chi connectivity index (χ1v) is 9.47. The number of aromatic nitrogens is 3. The van der Waals surface area contributed by atoms with Crippen LogP contribution < -0.4 is 5.56 Å². The Kier molecular flexibility index (Phi) is 3.79. The number of rotatable bonds is 2. The Morgan fingerprint density at radius 2 is 1.96 bits per heavy atom. The van der Waals surface area contributed by atoms with Gasteiger partial charge in [-0.1, -0.05) is 18.2 Å². The first-order valence-electron chi connectivity index (χ1n) is 9.47. The molecule has 5 rings (SSSR count). The van der Waals surface area contributed by atoms with Crippen molar-refractivity contribution in [1.29, 1.82) is 0 Å². The average molecular weight is 372 g/mol. The summed E-state index contributed by atoms with van der Waals surface area (Å²) in [5, 5.41) is 0.600. The average Bonchev–Trinajstić information content (AvgIpc) is 3.37. The highest BCUT2D eigenvalue weighted by Gasteiger charge is 2.34. The Morgan fingerprint density at radius 3 is 2.82 bits per heavy atom. The van der Waals surface area contributed by atoms with E-state index in [1.165, 1.54) is 0 Å². The van der Waals surface area contributed by atoms with Crippen LogP contribution in [-0.2, 0) is 7.05 Å². The van der Waals surface area contributed by atoms with E-state index in [0.29, 0.717) is 28.8 Å². The summed E-state index contributed by atoms with van der Waals surface area (Å²) in [6, 6.07) is 14.9. The zero-order valence-corrected chi connectivity index (χ0v) is 15.6. The number of carbonyl (C=O) groups excluding carboxylic acids is 1. The predicted molar refractivity (Wildman–Crippen MR) is 107 cm³/mol. The highest BCUT2D eigenvalue weighted by molar-refractivity contribution is 5.96. The van der Waals surface area contributed by atoms with Gasteiger partial charge in [-0.2, -0.15) is 0 Å². The molecule has 1 aliphatic heterocycles. The van der Waals surface area contributed by atoms with E-state index in [1.807, 2.05) is 64.2 Å². The van der Waals surface area contributed by atoms with Gasteiger partial charge in [0, 0.05) is 31.5 Å². The second-order valence-corrected chi connectivity index (χ2v) is 7.27. The van der Waals surface area contributed by atoms with E-state index in [2.05, 4.69) is 0 Å². The number of hydrogen-bond acceptors (Lipinski definition) is 3. The zero-order valence-electron chi connectivity index (χ0n) is 15.6. The Balaban J connectivity index is 1.57. The summed E-state index contributed by atoms with van der Waals surface area (Å²) >= 11 is 0. The van der Waals surface area contributed by atoms with Crippen LogP contribution in [0.1, 0.15) is 35.1 Å². The number of pyridine rings is 1. The standard InChI is InChI=1S/C22H20N4O2/c1-24-20(23-18-9-3-2-8-17(18)22(24)28)19-10-6-12-26(19)21(27)15-13-16-7-4-5-11-25(16)14-15/h2-5,7-9,11,13-14,19H,6,10,12H2,1H3. The predicted octanol–water partition coefficient (Wildman–Crippen LogP) is 3.16. The molecule has 1 unspecified atom stereocenters. The number of benzene rings is 1. The number of fused-ring (bicyclic) bond motifs is 2. The highest BCUT2D eigenvalue weighted by atomic mass is 16.2. The van der Waals surface area contributed by atoms with Crippen molar-refractivity contribution >= 4 is 22.3 Å². The van der Waals surface area contributed by atoms with Crippen molar-refractivity contribution in [3.05, 3.63) is 82.7 Å². The van der Waals surface area contributed by atoms with Crippen molar-refractivity contribution < 1.29 is 4.79 Å². The smallest absolute Gasteiger partial charge is 0.261 e. The van der Waals surface area contributed by atoms with Crippen molar-refractivity contribution in [2.75, 3.05) is 6.54 Å². The van der Waals surface area contributed by atoms with Crippen LogP contribution >= 0.6 is 0 Å². The molecule has 1 atom stereocenters. The minimum atomic E-state index is -0.196. The molecule has 3 aromatic heterocycles. The van der Waals surface area contributed by atoms with Gasteiger partial charge in [-0.25, -0.2) is 4.98 Å². The quantitative estimate of drug-likeness (QED) is 0.543. The topological polar surface area (TPSA) is 59.6 Å². The first kappa shape index (κ1) is 16.7. The number of nitrogens with zero attached hydrogens (tertiary/aromatic N) is 4. The molecule has 28 heavy (non-hydrogen) atoms. The lowest BCUT2D eigenvalue weighted by Gasteiger charge is -2.25. The van der Waals surface area contributed by atoms with Crippen LogP contribution in [0.5, 0.6) is 0 Å². The molecule has 1 aliphatic rings. The number of hydrogen-bond donors (Lipinski definition) is 0. The molecule has 140 valence electrons. The SMILES string of the molecule is Cn1c(C2CCCN2C(=O)c2cc3ccccn3c2)nc2ccccc2c1=O. The molecular formula is C22H20N4O2. The van der Waals surface area contributed by atoms with E-state index in [1.54, 1.807) is 17.7 Å². The van der Waals surface area contributed by atoms with Crippen molar-refractivity contribution in [2.45, 2.75) is 18.9 Å². The molecule has 4 heterocycles. The van der Waals surface area contributed by atoms with Crippen molar-refractivity contribution in [3.8, 4) is 0 Å². The summed E-state index contributed by atoms with van der Waals surface area (Å²) in [5.41, 5.74) is 2.24. The maximum atomic E-state index is 13.3. The van der Waals surface area contributed by atoms with Crippen LogP contribution in [0, 0.1) is 0 Å². The molecule has 1 fully saturated rings. The van der Waals surface area contributed by atoms with Gasteiger partial charge in [0.15, 0.2) is 0 Å². The van der Waals surface area contributed by atoms with Gasteiger partial charge in [-0.3, -0.25) is 14.2 Å². The van der Waals surface area contributed by atoms with Gasteiger partial charge in [0.1, 0.15) is 5.82 Å². The Morgan fingerprint density at radius 1 is 1.14 bits per heavy atom. The Bertz CT molecular complexity index is 1240. The molecule has 1 saturated heterocycles. The Hall–Kier alpha value is -3.41. The van der Waals surface area contributed by atoms with E-state index in [-0.39, 0.29) is 17.5 Å². The molecule has 1 amide bonds. The number of para-hydroxylation sites is 1. The molecule has 0 spiro atoms. The summed E-state index contributed by atoms with van der Waals surface area (Å²) < 4.78 is 3.54. The molecule has 1 aromatic carbocycles. The van der Waals surface area contributed by atoms with Crippen LogP contribution in [0.4, 0.5) is 0 Å². The lowest BCUT2D eigenvalue weighted by atomic mass is 10.1. The van der Waals surface area contributed by atoms with E-state index in [4.69, 9.17) is 4.98 Å². The highest BCUT2D eigenvalue weighted by Crippen LogP contribution is 2.32. The van der Waals surface area contributed by atoms with Gasteiger partial charge in [-0.05, 0) is 43.2 Å². The lowest BCUT2D eigenvalue weighted by molar-refractivity contribution is 0.0727. The first-order chi connectivity index (χ1) is 13.6. The molecule has 6 nitrogen and oxygen atoms in total. The van der Waals surface area contributed by atoms with Gasteiger partial charge in [-0.15, -0.1) is 0 Å². The summed E-state index contributed by atoms with van der Waals surface area (Å²) in [7, 11) is 1.74. The van der Waals surface area contributed by atoms with Crippen LogP contribution in [0.2, 0.25) is 0 Å². The number of carbonyl (C=O) groups is 1. The van der Waals surface area contributed by atoms with Gasteiger partial charge in [0.05, 0.1) is 22.5 Å². The zero-order chi connectivity index (χ0) is 19.3. The van der Waals surface area contributed by atoms with E-state index in [0.717, 1.165) is 18.4 Å². The van der Waals surface area contributed by atoms with Crippen LogP contribution in [0.25, 0.3) is 16.4 Å². The van der Waals surface area contributed by atoms with Gasteiger partial charge in [0.25, 0.3) is 11.5 Å². The minimum Gasteiger partial charge on any atom is -0.328 e. The normalized spacial score (nSPS) is 16.9. The van der Waals surface area contributed by atoms with E-state index in [9.17, 15) is 9.59 Å². The maximum absolute atomic E-state index is 13.3. The molecular weight excluding hydrogens is 352 g/mol. The number of amides is 1. The van der Waals surface area contributed by atoms with Crippen LogP contribution in [-0.4, -0.2) is 31.3 Å². The fourth-order valence-corrected chi connectivity index (χ4v) is 4.15. The third-order valence-electron chi connectivity index (χ3n) is 5.58. The third kappa shape index (κ3) is 2.52. The number of likely N-dealkylation sites (tertiary alicyclic amines) is 1. The monoisotopic (exact) mass is 372 g/mol. The van der Waals surface area contributed by atoms with E-state index < -0.39 is 0 Å². The van der Waals surface area contributed by atoms with Crippen LogP contribution in [0.15, 0.2) is 65.7 Å². The summed E-state index contributed by atoms with van der Waals surface area (Å²) in [6.07, 6.45) is 5.49. The van der Waals surface area contributed by atoms with Crippen molar-refractivity contribution in [1.82, 2.24) is 18.9 Å². The minimum absolute atomic E-state index is 0.0198. The second-order valence-electron chi connectivity index (χ2n) is 7.27. The van der Waals surface area contributed by atoms with Gasteiger partial charge < -0.3 is 9.30 Å². The molecule has 6 heteroatoms. The largest absolute Gasteiger partial charge is 0.328 e. The van der Waals surface area contributed by atoms with Crippen molar-refractivity contribution in [2.24, 2.45) is 7.05 Å². The fourth-order valence-electron chi connectivity index (χ4n) is 4.15. The van der Waals surface area contributed by atoms with Crippen molar-refractivity contribution in [3.63, 3.8) is 0 Å². The molecule has 4 aromatic rings. The van der Waals surface area contributed by atoms with Crippen LogP contribution in [0.3, 0.4) is 0 Å². The summed E-state index contributed by atoms with van der Waals surface area (Å²) in [6.45, 7) is 0.665. The second kappa shape index (κ2) is 6.34. The lowest BCUT2D eigenvalue weighted by Crippen LogP contribution is -2.34. The molecule has 0 radical (unpaired) electrons. The molecule has 0 aliphatic carbocycles. The fraction of sp³-hybridized carbons (Fsp3) is 0.227. The summed E-state index contributed by atoms with van der Waals surface area (Å²) in [4.78, 5) is 32.6. The summed E-state index contributed by atoms with van der Waals surface area (Å²) in [5.74, 6) is 0.631. The van der Waals surface area contributed by atoms with Gasteiger partial charge in [0.2, 0.25) is 0 Å². The maximum Gasteiger partial charge on any atom is 0.261 e. The third-order valence-corrected chi connectivity index (χ3v) is 5.58. The molecule has 0 bridgehead atoms. The molecule has 0 saturated carbocycles. The molecule has 0 N–H and O–H groups in total. The van der Waals surface area contributed by atoms with Gasteiger partial charge >= 0.3 is 0 Å².